The van der Waals surface area contributed by atoms with Crippen LogP contribution in [0.5, 0.6) is 0 Å². The molecular formula is C19H25N3O. The van der Waals surface area contributed by atoms with E-state index in [1.54, 1.807) is 10.5 Å². The second-order valence-electron chi connectivity index (χ2n) is 7.27. The van der Waals surface area contributed by atoms with Gasteiger partial charge in [0.05, 0.1) is 5.69 Å². The van der Waals surface area contributed by atoms with Gasteiger partial charge in [0, 0.05) is 24.8 Å². The first-order valence-corrected chi connectivity index (χ1v) is 8.91. The summed E-state index contributed by atoms with van der Waals surface area (Å²) in [5.74, 6) is 1.80. The van der Waals surface area contributed by atoms with E-state index in [4.69, 9.17) is 4.98 Å². The summed E-state index contributed by atoms with van der Waals surface area (Å²) in [4.78, 5) is 19.6. The monoisotopic (exact) mass is 311 g/mol. The van der Waals surface area contributed by atoms with Crippen LogP contribution in [0, 0.1) is 18.8 Å². The average molecular weight is 311 g/mol. The minimum atomic E-state index is 0.0376. The number of rotatable bonds is 2. The van der Waals surface area contributed by atoms with E-state index in [1.807, 2.05) is 25.1 Å². The van der Waals surface area contributed by atoms with Gasteiger partial charge in [-0.1, -0.05) is 25.3 Å². The topological polar surface area (TPSA) is 37.6 Å². The lowest BCUT2D eigenvalue weighted by Gasteiger charge is -2.41. The minimum Gasteiger partial charge on any atom is -0.297 e. The van der Waals surface area contributed by atoms with E-state index in [2.05, 4.69) is 4.90 Å². The standard InChI is InChI=1S/C19H25N3O/c1-14-5-4-8-18-20-17(11-19(23)22(14)18)13-21-10-9-15-6-2-3-7-16(15)12-21/h4-5,8,11,15-16H,2-3,6-7,9-10,12-13H2,1H3/t15-,16+/m0/s1. The van der Waals surface area contributed by atoms with E-state index in [1.165, 1.54) is 38.6 Å². The Morgan fingerprint density at radius 1 is 1.17 bits per heavy atom. The van der Waals surface area contributed by atoms with E-state index < -0.39 is 0 Å². The van der Waals surface area contributed by atoms with Crippen molar-refractivity contribution in [3.05, 3.63) is 46.0 Å². The van der Waals surface area contributed by atoms with Crippen molar-refractivity contribution in [2.75, 3.05) is 13.1 Å². The highest BCUT2D eigenvalue weighted by Gasteiger charge is 2.31. The summed E-state index contributed by atoms with van der Waals surface area (Å²) in [6, 6.07) is 7.55. The summed E-state index contributed by atoms with van der Waals surface area (Å²) in [7, 11) is 0. The summed E-state index contributed by atoms with van der Waals surface area (Å²) in [6.45, 7) is 5.09. The molecule has 2 fully saturated rings. The number of likely N-dealkylation sites (tertiary alicyclic amines) is 1. The predicted octanol–water partition coefficient (Wildman–Crippen LogP) is 3.02. The molecule has 1 saturated carbocycles. The molecule has 4 rings (SSSR count). The van der Waals surface area contributed by atoms with Gasteiger partial charge in [0.15, 0.2) is 0 Å². The lowest BCUT2D eigenvalue weighted by molar-refractivity contribution is 0.0812. The van der Waals surface area contributed by atoms with Crippen molar-refractivity contribution in [2.24, 2.45) is 11.8 Å². The number of hydrogen-bond acceptors (Lipinski definition) is 3. The molecular weight excluding hydrogens is 286 g/mol. The first-order valence-electron chi connectivity index (χ1n) is 8.91. The van der Waals surface area contributed by atoms with Gasteiger partial charge >= 0.3 is 0 Å². The molecule has 0 bridgehead atoms. The minimum absolute atomic E-state index is 0.0376. The van der Waals surface area contributed by atoms with Crippen molar-refractivity contribution >= 4 is 5.65 Å². The molecule has 122 valence electrons. The Morgan fingerprint density at radius 3 is 2.87 bits per heavy atom. The fraction of sp³-hybridized carbons (Fsp3) is 0.579. The van der Waals surface area contributed by atoms with Crippen LogP contribution in [0.1, 0.15) is 43.5 Å². The van der Waals surface area contributed by atoms with Crippen molar-refractivity contribution in [1.82, 2.24) is 14.3 Å². The number of pyridine rings is 1. The van der Waals surface area contributed by atoms with Crippen LogP contribution in [0.2, 0.25) is 0 Å². The zero-order chi connectivity index (χ0) is 15.8. The molecule has 1 saturated heterocycles. The summed E-state index contributed by atoms with van der Waals surface area (Å²) in [5, 5.41) is 0. The van der Waals surface area contributed by atoms with Gasteiger partial charge in [-0.05, 0) is 50.3 Å². The molecule has 23 heavy (non-hydrogen) atoms. The molecule has 1 aliphatic carbocycles. The molecule has 1 aliphatic heterocycles. The normalized spacial score (nSPS) is 25.4. The van der Waals surface area contributed by atoms with Crippen LogP contribution in [0.25, 0.3) is 5.65 Å². The van der Waals surface area contributed by atoms with E-state index in [0.29, 0.717) is 0 Å². The zero-order valence-corrected chi connectivity index (χ0v) is 13.9. The van der Waals surface area contributed by atoms with E-state index in [0.717, 1.165) is 42.0 Å². The van der Waals surface area contributed by atoms with E-state index in [9.17, 15) is 4.79 Å². The maximum Gasteiger partial charge on any atom is 0.258 e. The molecule has 0 unspecified atom stereocenters. The summed E-state index contributed by atoms with van der Waals surface area (Å²) in [5.41, 5.74) is 2.65. The number of hydrogen-bond donors (Lipinski definition) is 0. The molecule has 2 aromatic rings. The van der Waals surface area contributed by atoms with Gasteiger partial charge in [-0.3, -0.25) is 14.1 Å². The van der Waals surface area contributed by atoms with Crippen LogP contribution in [-0.2, 0) is 6.54 Å². The third-order valence-corrected chi connectivity index (χ3v) is 5.69. The number of piperidine rings is 1. The maximum absolute atomic E-state index is 12.4. The van der Waals surface area contributed by atoms with Gasteiger partial charge in [-0.2, -0.15) is 0 Å². The third-order valence-electron chi connectivity index (χ3n) is 5.69. The Balaban J connectivity index is 1.55. The van der Waals surface area contributed by atoms with Crippen molar-refractivity contribution in [1.29, 1.82) is 0 Å². The highest BCUT2D eigenvalue weighted by Crippen LogP contribution is 2.36. The van der Waals surface area contributed by atoms with Crippen LogP contribution in [0.3, 0.4) is 0 Å². The van der Waals surface area contributed by atoms with Gasteiger partial charge in [0.1, 0.15) is 5.65 Å². The molecule has 4 heteroatoms. The number of aromatic nitrogens is 2. The van der Waals surface area contributed by atoms with Crippen molar-refractivity contribution in [3.8, 4) is 0 Å². The van der Waals surface area contributed by atoms with Gasteiger partial charge < -0.3 is 0 Å². The second kappa shape index (κ2) is 6.08. The fourth-order valence-corrected chi connectivity index (χ4v) is 4.49. The molecule has 2 aliphatic rings. The van der Waals surface area contributed by atoms with E-state index in [-0.39, 0.29) is 5.56 Å². The van der Waals surface area contributed by atoms with E-state index >= 15 is 0 Å². The summed E-state index contributed by atoms with van der Waals surface area (Å²) in [6.07, 6.45) is 6.94. The number of fused-ring (bicyclic) bond motifs is 2. The number of aryl methyl sites for hydroxylation is 1. The van der Waals surface area contributed by atoms with Crippen molar-refractivity contribution in [2.45, 2.75) is 45.6 Å². The summed E-state index contributed by atoms with van der Waals surface area (Å²) >= 11 is 0. The molecule has 0 N–H and O–H groups in total. The number of nitrogens with zero attached hydrogens (tertiary/aromatic N) is 3. The van der Waals surface area contributed by atoms with Crippen LogP contribution in [0.4, 0.5) is 0 Å². The SMILES string of the molecule is Cc1cccc2nc(CN3CC[C@@H]4CCCC[C@@H]4C3)cc(=O)n12. The Morgan fingerprint density at radius 2 is 2.00 bits per heavy atom. The second-order valence-corrected chi connectivity index (χ2v) is 7.27. The summed E-state index contributed by atoms with van der Waals surface area (Å²) < 4.78 is 1.69. The largest absolute Gasteiger partial charge is 0.297 e. The maximum atomic E-state index is 12.4. The van der Waals surface area contributed by atoms with Crippen LogP contribution >= 0.6 is 0 Å². The smallest absolute Gasteiger partial charge is 0.258 e. The van der Waals surface area contributed by atoms with Crippen LogP contribution in [-0.4, -0.2) is 27.4 Å². The molecule has 0 aromatic carbocycles. The molecule has 0 amide bonds. The van der Waals surface area contributed by atoms with Crippen molar-refractivity contribution < 1.29 is 0 Å². The lowest BCUT2D eigenvalue weighted by Crippen LogP contribution is -2.41. The molecule has 2 aromatic heterocycles. The van der Waals surface area contributed by atoms with Crippen LogP contribution < -0.4 is 5.56 Å². The Kier molecular flexibility index (Phi) is 3.93. The highest BCUT2D eigenvalue weighted by atomic mass is 16.1. The van der Waals surface area contributed by atoms with Gasteiger partial charge in [0.25, 0.3) is 5.56 Å². The quantitative estimate of drug-likeness (QED) is 0.855. The Labute approximate surface area is 137 Å². The average Bonchev–Trinajstić information content (AvgIpc) is 2.54. The molecule has 4 nitrogen and oxygen atoms in total. The molecule has 2 atom stereocenters. The highest BCUT2D eigenvalue weighted by molar-refractivity contribution is 5.40. The van der Waals surface area contributed by atoms with Crippen molar-refractivity contribution in [3.63, 3.8) is 0 Å². The van der Waals surface area contributed by atoms with Crippen LogP contribution in [0.15, 0.2) is 29.1 Å². The Hall–Kier alpha value is -1.68. The third kappa shape index (κ3) is 2.92. The predicted molar refractivity (Wildman–Crippen MR) is 91.5 cm³/mol. The Bertz CT molecular complexity index is 767. The first-order chi connectivity index (χ1) is 11.2. The van der Waals surface area contributed by atoms with Gasteiger partial charge in [0.2, 0.25) is 0 Å². The fourth-order valence-electron chi connectivity index (χ4n) is 4.49. The molecule has 3 heterocycles. The van der Waals surface area contributed by atoms with Gasteiger partial charge in [-0.25, -0.2) is 4.98 Å². The zero-order valence-electron chi connectivity index (χ0n) is 13.9. The molecule has 0 spiro atoms. The van der Waals surface area contributed by atoms with Gasteiger partial charge in [-0.15, -0.1) is 0 Å². The molecule has 0 radical (unpaired) electrons. The first kappa shape index (κ1) is 14.9. The lowest BCUT2D eigenvalue weighted by atomic mass is 9.75.